The molecule has 0 spiro atoms. The van der Waals surface area contributed by atoms with Crippen LogP contribution in [0.3, 0.4) is 0 Å². The molecule has 1 aliphatic rings. The van der Waals surface area contributed by atoms with Gasteiger partial charge in [0.25, 0.3) is 5.91 Å². The molecule has 0 heterocycles. The first-order valence-corrected chi connectivity index (χ1v) is 11.2. The van der Waals surface area contributed by atoms with Crippen molar-refractivity contribution in [1.29, 1.82) is 0 Å². The second kappa shape index (κ2) is 8.09. The van der Waals surface area contributed by atoms with E-state index in [2.05, 4.69) is 23.9 Å². The van der Waals surface area contributed by atoms with Crippen LogP contribution in [0.15, 0.2) is 41.3 Å². The number of amides is 1. The van der Waals surface area contributed by atoms with Gasteiger partial charge < -0.3 is 14.8 Å². The fraction of sp³-hybridized carbons (Fsp3) is 0.381. The number of carbonyl (C=O) groups excluding carboxylic acids is 1. The molecule has 2 aromatic rings. The van der Waals surface area contributed by atoms with E-state index in [1.54, 1.807) is 30.3 Å². The minimum atomic E-state index is -3.49. The zero-order chi connectivity index (χ0) is 22.3. The summed E-state index contributed by atoms with van der Waals surface area (Å²) in [6, 6.07) is 9.69. The molecule has 1 fully saturated rings. The summed E-state index contributed by atoms with van der Waals surface area (Å²) in [6.45, 7) is 4.11. The molecule has 0 saturated heterocycles. The lowest BCUT2D eigenvalue weighted by Crippen LogP contribution is -2.29. The van der Waals surface area contributed by atoms with Crippen LogP contribution in [0.25, 0.3) is 0 Å². The first-order chi connectivity index (χ1) is 14.1. The number of methoxy groups -OCH3 is 2. The molecular weight excluding hydrogens is 428 g/mol. The maximum atomic E-state index is 12.9. The lowest BCUT2D eigenvalue weighted by molar-refractivity contribution is 0.0943. The molecule has 0 aliphatic heterocycles. The van der Waals surface area contributed by atoms with Crippen molar-refractivity contribution in [3.8, 4) is 11.5 Å². The number of ether oxygens (including phenoxy) is 2. The van der Waals surface area contributed by atoms with Crippen LogP contribution >= 0.6 is 11.6 Å². The van der Waals surface area contributed by atoms with Gasteiger partial charge in [-0.15, -0.1) is 0 Å². The summed E-state index contributed by atoms with van der Waals surface area (Å²) in [4.78, 5) is 13.1. The number of sulfonamides is 1. The molecule has 2 aromatic carbocycles. The van der Waals surface area contributed by atoms with Gasteiger partial charge in [0.1, 0.15) is 11.5 Å². The second-order valence-corrected chi connectivity index (χ2v) is 10.0. The molecule has 0 bridgehead atoms. The van der Waals surface area contributed by atoms with Crippen LogP contribution in [0.5, 0.6) is 11.5 Å². The zero-order valence-electron chi connectivity index (χ0n) is 17.4. The van der Waals surface area contributed by atoms with Crippen molar-refractivity contribution in [2.75, 3.05) is 21.3 Å². The smallest absolute Gasteiger partial charge is 0.255 e. The Labute approximate surface area is 181 Å². The SMILES string of the molecule is CNS(=O)(=O)c1ccc(C2C(NC(=O)c3cc(Cl)c(OC)cc3OC)C2(C)C)cc1. The van der Waals surface area contributed by atoms with Crippen molar-refractivity contribution in [2.24, 2.45) is 5.41 Å². The molecule has 1 amide bonds. The minimum Gasteiger partial charge on any atom is -0.496 e. The highest BCUT2D eigenvalue weighted by molar-refractivity contribution is 7.89. The quantitative estimate of drug-likeness (QED) is 0.672. The molecule has 1 saturated carbocycles. The van der Waals surface area contributed by atoms with Crippen molar-refractivity contribution in [3.63, 3.8) is 0 Å². The van der Waals surface area contributed by atoms with Crippen molar-refractivity contribution in [1.82, 2.24) is 10.0 Å². The molecule has 2 unspecified atom stereocenters. The predicted molar refractivity (Wildman–Crippen MR) is 115 cm³/mol. The highest BCUT2D eigenvalue weighted by atomic mass is 35.5. The van der Waals surface area contributed by atoms with Gasteiger partial charge in [-0.25, -0.2) is 13.1 Å². The van der Waals surface area contributed by atoms with E-state index in [4.69, 9.17) is 21.1 Å². The van der Waals surface area contributed by atoms with E-state index in [9.17, 15) is 13.2 Å². The van der Waals surface area contributed by atoms with Crippen LogP contribution in [0.4, 0.5) is 0 Å². The van der Waals surface area contributed by atoms with Crippen LogP contribution in [-0.2, 0) is 10.0 Å². The maximum absolute atomic E-state index is 12.9. The van der Waals surface area contributed by atoms with Crippen LogP contribution in [-0.4, -0.2) is 41.6 Å². The van der Waals surface area contributed by atoms with E-state index in [0.717, 1.165) is 5.56 Å². The van der Waals surface area contributed by atoms with E-state index in [-0.39, 0.29) is 28.2 Å². The standard InChI is InChI=1S/C21H25ClN2O5S/c1-21(2)18(12-6-8-13(9-7-12)30(26,27)23-3)19(21)24-20(25)14-10-15(22)17(29-5)11-16(14)28-4/h6-11,18-19,23H,1-5H3,(H,24,25). The van der Waals surface area contributed by atoms with Gasteiger partial charge >= 0.3 is 0 Å². The number of benzene rings is 2. The Balaban J connectivity index is 1.81. The average molecular weight is 453 g/mol. The Morgan fingerprint density at radius 1 is 1.07 bits per heavy atom. The zero-order valence-corrected chi connectivity index (χ0v) is 19.0. The Morgan fingerprint density at radius 3 is 2.20 bits per heavy atom. The molecule has 30 heavy (non-hydrogen) atoms. The van der Waals surface area contributed by atoms with E-state index < -0.39 is 10.0 Å². The highest BCUT2D eigenvalue weighted by Gasteiger charge is 2.59. The van der Waals surface area contributed by atoms with E-state index in [0.29, 0.717) is 22.1 Å². The van der Waals surface area contributed by atoms with Gasteiger partial charge in [0, 0.05) is 18.0 Å². The summed E-state index contributed by atoms with van der Waals surface area (Å²) < 4.78 is 36.6. The molecule has 7 nitrogen and oxygen atoms in total. The van der Waals surface area contributed by atoms with Gasteiger partial charge in [-0.1, -0.05) is 37.6 Å². The Kier molecular flexibility index (Phi) is 6.04. The first-order valence-electron chi connectivity index (χ1n) is 9.32. The predicted octanol–water partition coefficient (Wildman–Crippen LogP) is 3.19. The molecule has 0 aromatic heterocycles. The number of rotatable bonds is 7. The third-order valence-electron chi connectivity index (χ3n) is 5.65. The van der Waals surface area contributed by atoms with Gasteiger partial charge in [-0.05, 0) is 36.2 Å². The monoisotopic (exact) mass is 452 g/mol. The molecule has 1 aliphatic carbocycles. The van der Waals surface area contributed by atoms with Crippen molar-refractivity contribution in [2.45, 2.75) is 30.7 Å². The summed E-state index contributed by atoms with van der Waals surface area (Å²) in [5, 5.41) is 3.37. The van der Waals surface area contributed by atoms with Crippen molar-refractivity contribution >= 4 is 27.5 Å². The Bertz CT molecular complexity index is 1070. The Hall–Kier alpha value is -2.29. The largest absolute Gasteiger partial charge is 0.496 e. The fourth-order valence-corrected chi connectivity index (χ4v) is 4.73. The van der Waals surface area contributed by atoms with E-state index >= 15 is 0 Å². The lowest BCUT2D eigenvalue weighted by atomic mass is 10.0. The highest BCUT2D eigenvalue weighted by Crippen LogP contribution is 2.58. The van der Waals surface area contributed by atoms with Crippen LogP contribution in [0.2, 0.25) is 5.02 Å². The molecule has 2 N–H and O–H groups in total. The summed E-state index contributed by atoms with van der Waals surface area (Å²) in [5.74, 6) is 0.538. The fourth-order valence-electron chi connectivity index (χ4n) is 3.76. The molecule has 3 rings (SSSR count). The first kappa shape index (κ1) is 22.4. The number of hydrogen-bond donors (Lipinski definition) is 2. The maximum Gasteiger partial charge on any atom is 0.255 e. The normalized spacial score (nSPS) is 19.8. The van der Waals surface area contributed by atoms with Crippen LogP contribution < -0.4 is 19.5 Å². The lowest BCUT2D eigenvalue weighted by Gasteiger charge is -2.13. The van der Waals surface area contributed by atoms with Gasteiger partial charge in [-0.2, -0.15) is 0 Å². The summed E-state index contributed by atoms with van der Waals surface area (Å²) in [7, 11) is 0.849. The number of nitrogens with one attached hydrogen (secondary N) is 2. The van der Waals surface area contributed by atoms with Crippen LogP contribution in [0, 0.1) is 5.41 Å². The summed E-state index contributed by atoms with van der Waals surface area (Å²) in [5.41, 5.74) is 1.09. The van der Waals surface area contributed by atoms with Crippen LogP contribution in [0.1, 0.15) is 35.7 Å². The van der Waals surface area contributed by atoms with Gasteiger partial charge in [-0.3, -0.25) is 4.79 Å². The number of hydrogen-bond acceptors (Lipinski definition) is 5. The molecule has 2 atom stereocenters. The Morgan fingerprint density at radius 2 is 1.67 bits per heavy atom. The third kappa shape index (κ3) is 3.99. The topological polar surface area (TPSA) is 93.7 Å². The van der Waals surface area contributed by atoms with Gasteiger partial charge in [0.05, 0.1) is 29.7 Å². The van der Waals surface area contributed by atoms with E-state index in [1.165, 1.54) is 27.3 Å². The molecule has 162 valence electrons. The van der Waals surface area contributed by atoms with Gasteiger partial charge in [0.2, 0.25) is 10.0 Å². The van der Waals surface area contributed by atoms with Gasteiger partial charge in [0.15, 0.2) is 0 Å². The van der Waals surface area contributed by atoms with E-state index in [1.807, 2.05) is 0 Å². The van der Waals surface area contributed by atoms with Crippen molar-refractivity contribution in [3.05, 3.63) is 52.5 Å². The number of carbonyl (C=O) groups is 1. The summed E-state index contributed by atoms with van der Waals surface area (Å²) in [6.07, 6.45) is 0. The molecule has 0 radical (unpaired) electrons. The second-order valence-electron chi connectivity index (χ2n) is 7.71. The number of halogens is 1. The molecule has 9 heteroatoms. The third-order valence-corrected chi connectivity index (χ3v) is 7.38. The average Bonchev–Trinajstić information content (AvgIpc) is 3.27. The summed E-state index contributed by atoms with van der Waals surface area (Å²) >= 11 is 6.18. The molecular formula is C21H25ClN2O5S. The van der Waals surface area contributed by atoms with Crippen molar-refractivity contribution < 1.29 is 22.7 Å². The minimum absolute atomic E-state index is 0.0486.